The third-order valence-electron chi connectivity index (χ3n) is 2.22. The van der Waals surface area contributed by atoms with Gasteiger partial charge in [0.1, 0.15) is 5.76 Å². The van der Waals surface area contributed by atoms with Gasteiger partial charge in [0.15, 0.2) is 5.16 Å². The fourth-order valence-corrected chi connectivity index (χ4v) is 2.19. The highest BCUT2D eigenvalue weighted by Crippen LogP contribution is 2.13. The summed E-state index contributed by atoms with van der Waals surface area (Å²) in [5, 5.41) is 4.38. The van der Waals surface area contributed by atoms with Gasteiger partial charge in [-0.1, -0.05) is 11.8 Å². The monoisotopic (exact) mass is 290 g/mol. The highest BCUT2D eigenvalue weighted by molar-refractivity contribution is 7.99. The van der Waals surface area contributed by atoms with Gasteiger partial charge >= 0.3 is 0 Å². The number of amides is 1. The van der Waals surface area contributed by atoms with Crippen LogP contribution < -0.4 is 5.43 Å². The largest absolute Gasteiger partial charge is 0.463 e. The molecule has 0 aliphatic carbocycles. The molecule has 0 spiro atoms. The first-order valence-corrected chi connectivity index (χ1v) is 6.92. The van der Waals surface area contributed by atoms with E-state index in [-0.39, 0.29) is 11.7 Å². The Morgan fingerprint density at radius 1 is 1.45 bits per heavy atom. The van der Waals surface area contributed by atoms with E-state index in [1.807, 2.05) is 19.9 Å². The molecule has 0 unspecified atom stereocenters. The lowest BCUT2D eigenvalue weighted by atomic mass is 10.4. The van der Waals surface area contributed by atoms with Gasteiger partial charge in [0.05, 0.1) is 18.2 Å². The lowest BCUT2D eigenvalue weighted by Gasteiger charge is -2.02. The second kappa shape index (κ2) is 6.85. The number of carbonyl (C=O) groups is 1. The molecule has 0 bridgehead atoms. The Balaban J connectivity index is 1.80. The molecule has 2 aromatic rings. The van der Waals surface area contributed by atoms with E-state index in [1.54, 1.807) is 12.1 Å². The summed E-state index contributed by atoms with van der Waals surface area (Å²) in [6.07, 6.45) is 2.98. The molecule has 2 heterocycles. The molecule has 0 saturated carbocycles. The molecule has 0 aliphatic heterocycles. The van der Waals surface area contributed by atoms with Crippen molar-refractivity contribution in [2.45, 2.75) is 19.0 Å². The second-order valence-corrected chi connectivity index (χ2v) is 4.97. The molecular weight excluding hydrogens is 276 g/mol. The SMILES string of the molecule is Cc1cc(C)nc(SCC(=O)NN=Cc2ccco2)n1. The first-order chi connectivity index (χ1) is 9.63. The number of carbonyl (C=O) groups excluding carboxylic acids is 1. The van der Waals surface area contributed by atoms with Crippen molar-refractivity contribution in [1.29, 1.82) is 0 Å². The van der Waals surface area contributed by atoms with Gasteiger partial charge in [0.2, 0.25) is 0 Å². The Hall–Kier alpha value is -2.15. The van der Waals surface area contributed by atoms with E-state index < -0.39 is 0 Å². The molecule has 0 fully saturated rings. The Morgan fingerprint density at radius 3 is 2.85 bits per heavy atom. The molecule has 6 nitrogen and oxygen atoms in total. The first kappa shape index (κ1) is 14.3. The van der Waals surface area contributed by atoms with Gasteiger partial charge in [0.25, 0.3) is 5.91 Å². The quantitative estimate of drug-likeness (QED) is 0.394. The normalized spacial score (nSPS) is 10.9. The maximum absolute atomic E-state index is 11.6. The van der Waals surface area contributed by atoms with Crippen molar-refractivity contribution in [1.82, 2.24) is 15.4 Å². The van der Waals surface area contributed by atoms with E-state index in [9.17, 15) is 4.79 Å². The average Bonchev–Trinajstić information content (AvgIpc) is 2.88. The van der Waals surface area contributed by atoms with E-state index in [0.717, 1.165) is 11.4 Å². The summed E-state index contributed by atoms with van der Waals surface area (Å²) in [4.78, 5) is 20.1. The van der Waals surface area contributed by atoms with Crippen LogP contribution in [0.5, 0.6) is 0 Å². The van der Waals surface area contributed by atoms with Gasteiger partial charge in [0, 0.05) is 11.4 Å². The van der Waals surface area contributed by atoms with Gasteiger partial charge < -0.3 is 4.42 Å². The predicted molar refractivity (Wildman–Crippen MR) is 76.7 cm³/mol. The van der Waals surface area contributed by atoms with Crippen LogP contribution >= 0.6 is 11.8 Å². The number of nitrogens with one attached hydrogen (secondary N) is 1. The second-order valence-electron chi connectivity index (χ2n) is 4.03. The predicted octanol–water partition coefficient (Wildman–Crippen LogP) is 1.93. The molecule has 104 valence electrons. The molecule has 0 aliphatic rings. The van der Waals surface area contributed by atoms with Gasteiger partial charge in [-0.2, -0.15) is 5.10 Å². The summed E-state index contributed by atoms with van der Waals surface area (Å²) in [7, 11) is 0. The third kappa shape index (κ3) is 4.51. The number of nitrogens with zero attached hydrogens (tertiary/aromatic N) is 3. The lowest BCUT2D eigenvalue weighted by molar-refractivity contribution is -0.118. The number of hydrazone groups is 1. The number of hydrogen-bond acceptors (Lipinski definition) is 6. The zero-order chi connectivity index (χ0) is 14.4. The van der Waals surface area contributed by atoms with Crippen LogP contribution in [0.3, 0.4) is 0 Å². The molecular formula is C13H14N4O2S. The molecule has 0 radical (unpaired) electrons. The minimum absolute atomic E-state index is 0.207. The molecule has 2 rings (SSSR count). The van der Waals surface area contributed by atoms with Gasteiger partial charge in [-0.25, -0.2) is 15.4 Å². The van der Waals surface area contributed by atoms with Crippen molar-refractivity contribution < 1.29 is 9.21 Å². The summed E-state index contributed by atoms with van der Waals surface area (Å²) < 4.78 is 5.05. The Kier molecular flexibility index (Phi) is 4.89. The highest BCUT2D eigenvalue weighted by Gasteiger charge is 2.05. The fraction of sp³-hybridized carbons (Fsp3) is 0.231. The average molecular weight is 290 g/mol. The highest BCUT2D eigenvalue weighted by atomic mass is 32.2. The van der Waals surface area contributed by atoms with Gasteiger partial charge in [-0.15, -0.1) is 0 Å². The van der Waals surface area contributed by atoms with E-state index >= 15 is 0 Å². The summed E-state index contributed by atoms with van der Waals surface area (Å²) >= 11 is 1.27. The van der Waals surface area contributed by atoms with Crippen molar-refractivity contribution in [3.8, 4) is 0 Å². The van der Waals surface area contributed by atoms with Crippen LogP contribution in [0.4, 0.5) is 0 Å². The van der Waals surface area contributed by atoms with Crippen LogP contribution in [0.2, 0.25) is 0 Å². The summed E-state index contributed by atoms with van der Waals surface area (Å²) in [6.45, 7) is 3.79. The van der Waals surface area contributed by atoms with Gasteiger partial charge in [-0.3, -0.25) is 4.79 Å². The van der Waals surface area contributed by atoms with E-state index in [0.29, 0.717) is 10.9 Å². The number of rotatable bonds is 5. The fourth-order valence-electron chi connectivity index (χ4n) is 1.45. The maximum atomic E-state index is 11.6. The molecule has 7 heteroatoms. The van der Waals surface area contributed by atoms with Crippen LogP contribution in [-0.2, 0) is 4.79 Å². The molecule has 0 atom stereocenters. The zero-order valence-electron chi connectivity index (χ0n) is 11.2. The molecule has 0 aromatic carbocycles. The third-order valence-corrected chi connectivity index (χ3v) is 3.07. The standard InChI is InChI=1S/C13H14N4O2S/c1-9-6-10(2)16-13(15-9)20-8-12(18)17-14-7-11-4-3-5-19-11/h3-7H,8H2,1-2H3,(H,17,18). The first-order valence-electron chi connectivity index (χ1n) is 5.94. The van der Waals surface area contributed by atoms with Crippen molar-refractivity contribution in [3.63, 3.8) is 0 Å². The molecule has 20 heavy (non-hydrogen) atoms. The number of furan rings is 1. The summed E-state index contributed by atoms with van der Waals surface area (Å²) in [5.41, 5.74) is 4.19. The van der Waals surface area contributed by atoms with Crippen LogP contribution in [0, 0.1) is 13.8 Å². The smallest absolute Gasteiger partial charge is 0.250 e. The zero-order valence-corrected chi connectivity index (χ0v) is 12.0. The number of aryl methyl sites for hydroxylation is 2. The van der Waals surface area contributed by atoms with Crippen molar-refractivity contribution in [2.75, 3.05) is 5.75 Å². The maximum Gasteiger partial charge on any atom is 0.250 e. The van der Waals surface area contributed by atoms with E-state index in [1.165, 1.54) is 24.2 Å². The Morgan fingerprint density at radius 2 is 2.20 bits per heavy atom. The summed E-state index contributed by atoms with van der Waals surface area (Å²) in [5.74, 6) is 0.564. The molecule has 2 aromatic heterocycles. The summed E-state index contributed by atoms with van der Waals surface area (Å²) in [6, 6.07) is 5.38. The van der Waals surface area contributed by atoms with Crippen LogP contribution in [0.25, 0.3) is 0 Å². The molecule has 0 saturated heterocycles. The van der Waals surface area contributed by atoms with Crippen LogP contribution in [-0.4, -0.2) is 27.8 Å². The van der Waals surface area contributed by atoms with Crippen molar-refractivity contribution in [2.24, 2.45) is 5.10 Å². The molecule has 1 amide bonds. The van der Waals surface area contributed by atoms with E-state index in [2.05, 4.69) is 20.5 Å². The Labute approximate surface area is 120 Å². The minimum Gasteiger partial charge on any atom is -0.463 e. The number of aromatic nitrogens is 2. The Bertz CT molecular complexity index is 591. The number of thioether (sulfide) groups is 1. The van der Waals surface area contributed by atoms with Gasteiger partial charge in [-0.05, 0) is 32.0 Å². The van der Waals surface area contributed by atoms with Crippen molar-refractivity contribution >= 4 is 23.9 Å². The van der Waals surface area contributed by atoms with Crippen LogP contribution in [0.15, 0.2) is 39.1 Å². The van der Waals surface area contributed by atoms with Crippen LogP contribution in [0.1, 0.15) is 17.1 Å². The minimum atomic E-state index is -0.222. The topological polar surface area (TPSA) is 80.4 Å². The van der Waals surface area contributed by atoms with E-state index in [4.69, 9.17) is 4.42 Å². The molecule has 1 N–H and O–H groups in total. The lowest BCUT2D eigenvalue weighted by Crippen LogP contribution is -2.19. The number of hydrogen-bond donors (Lipinski definition) is 1. The van der Waals surface area contributed by atoms with Crippen molar-refractivity contribution in [3.05, 3.63) is 41.6 Å².